The molecule has 0 fully saturated rings. The zero-order valence-corrected chi connectivity index (χ0v) is 4.31. The largest absolute Gasteiger partial charge is 0.480 e. The van der Waals surface area contributed by atoms with Gasteiger partial charge in [-0.3, -0.25) is 4.79 Å². The highest BCUT2D eigenvalue weighted by Crippen LogP contribution is 1.68. The number of carboxylic acids is 1. The molecule has 0 bridgehead atoms. The van der Waals surface area contributed by atoms with E-state index in [0.29, 0.717) is 0 Å². The van der Waals surface area contributed by atoms with Crippen molar-refractivity contribution in [3.63, 3.8) is 0 Å². The van der Waals surface area contributed by atoms with E-state index in [9.17, 15) is 4.79 Å². The van der Waals surface area contributed by atoms with Gasteiger partial charge in [-0.05, 0) is 0 Å². The second-order valence-corrected chi connectivity index (χ2v) is 0.810. The van der Waals surface area contributed by atoms with Gasteiger partial charge in [-0.15, -0.1) is 4.91 Å². The summed E-state index contributed by atoms with van der Waals surface area (Å²) in [7, 11) is 0. The van der Waals surface area contributed by atoms with Crippen LogP contribution in [0.1, 0.15) is 6.42 Å². The fourth-order valence-electron chi connectivity index (χ4n) is 0.0676. The average molecular weight is 132 g/mol. The molecule has 0 aromatic heterocycles. The van der Waals surface area contributed by atoms with Gasteiger partial charge >= 0.3 is 5.97 Å². The molecule has 0 aliphatic heterocycles. The van der Waals surface area contributed by atoms with Gasteiger partial charge in [-0.2, -0.15) is 5.26 Å². The minimum absolute atomic E-state index is 0.403. The Morgan fingerprint density at radius 2 is 2.11 bits per heavy atom. The summed E-state index contributed by atoms with van der Waals surface area (Å²) >= 11 is 0. The summed E-state index contributed by atoms with van der Waals surface area (Å²) < 4.78 is 0. The van der Waals surface area contributed by atoms with E-state index >= 15 is 0 Å². The van der Waals surface area contributed by atoms with E-state index < -0.39 is 12.4 Å². The summed E-state index contributed by atoms with van der Waals surface area (Å²) in [6.07, 6.45) is -0.403. The number of aliphatic carboxylic acids is 1. The molecule has 0 aliphatic carbocycles. The molecule has 0 spiro atoms. The van der Waals surface area contributed by atoms with Gasteiger partial charge in [-0.1, -0.05) is 0 Å². The summed E-state index contributed by atoms with van der Waals surface area (Å²) in [5.74, 6) is -1.07. The predicted molar refractivity (Wildman–Crippen MR) is 25.4 cm³/mol. The summed E-state index contributed by atoms with van der Waals surface area (Å²) in [5, 5.41) is 23.2. The van der Waals surface area contributed by atoms with E-state index in [4.69, 9.17) is 20.5 Å². The maximum atomic E-state index is 9.38. The highest BCUT2D eigenvalue weighted by Gasteiger charge is 1.87. The normalized spacial score (nSPS) is 5.67. The molecule has 0 atom stereocenters. The molecule has 0 aliphatic rings. The standard InChI is InChI=1S/C3H3NO2.HNO2/c4-2-1-3(5)6;2-1-3/h1H2,(H,5,6);(H,2,3). The number of nitrogens with zero attached hydrogens (tertiary/aromatic N) is 2. The zero-order valence-electron chi connectivity index (χ0n) is 4.31. The van der Waals surface area contributed by atoms with Gasteiger partial charge in [0.2, 0.25) is 0 Å². The van der Waals surface area contributed by atoms with Gasteiger partial charge in [0.25, 0.3) is 0 Å². The number of nitriles is 1. The van der Waals surface area contributed by atoms with Gasteiger partial charge in [0.05, 0.1) is 6.07 Å². The van der Waals surface area contributed by atoms with Crippen molar-refractivity contribution in [1.82, 2.24) is 0 Å². The smallest absolute Gasteiger partial charge is 0.317 e. The van der Waals surface area contributed by atoms with E-state index in [1.54, 1.807) is 0 Å². The first-order valence-corrected chi connectivity index (χ1v) is 1.74. The van der Waals surface area contributed by atoms with Crippen LogP contribution in [0.15, 0.2) is 5.34 Å². The van der Waals surface area contributed by atoms with Gasteiger partial charge in [0, 0.05) is 0 Å². The summed E-state index contributed by atoms with van der Waals surface area (Å²) in [6, 6.07) is 1.47. The Morgan fingerprint density at radius 1 is 1.78 bits per heavy atom. The molecular weight excluding hydrogens is 128 g/mol. The fraction of sp³-hybridized carbons (Fsp3) is 0.333. The minimum atomic E-state index is -1.07. The van der Waals surface area contributed by atoms with Crippen LogP contribution < -0.4 is 0 Å². The average Bonchev–Trinajstić information content (AvgIpc) is 1.67. The third kappa shape index (κ3) is 65.4. The predicted octanol–water partition coefficient (Wildman–Crippen LogP) is 0.127. The number of hydrogen-bond donors (Lipinski definition) is 2. The molecule has 0 aromatic carbocycles. The first kappa shape index (κ1) is 10.4. The fourth-order valence-corrected chi connectivity index (χ4v) is 0.0676. The molecule has 0 amide bonds. The minimum Gasteiger partial charge on any atom is -0.480 e. The Hall–Kier alpha value is -1.64. The van der Waals surface area contributed by atoms with Crippen LogP contribution in [0.25, 0.3) is 0 Å². The third-order valence-electron chi connectivity index (χ3n) is 0.230. The molecule has 6 heteroatoms. The van der Waals surface area contributed by atoms with Crippen molar-refractivity contribution in [3.8, 4) is 6.07 Å². The van der Waals surface area contributed by atoms with Crippen molar-refractivity contribution in [1.29, 1.82) is 5.26 Å². The molecule has 0 radical (unpaired) electrons. The van der Waals surface area contributed by atoms with Crippen LogP contribution in [0, 0.1) is 16.2 Å². The molecule has 0 saturated carbocycles. The molecule has 0 heterocycles. The van der Waals surface area contributed by atoms with Crippen molar-refractivity contribution >= 4 is 5.97 Å². The van der Waals surface area contributed by atoms with Crippen molar-refractivity contribution in [2.75, 3.05) is 0 Å². The van der Waals surface area contributed by atoms with Crippen molar-refractivity contribution in [2.45, 2.75) is 6.42 Å². The lowest BCUT2D eigenvalue weighted by atomic mass is 10.5. The molecule has 50 valence electrons. The van der Waals surface area contributed by atoms with E-state index in [1.165, 1.54) is 11.4 Å². The van der Waals surface area contributed by atoms with E-state index in [1.807, 2.05) is 0 Å². The molecular formula is C3H4N2O4. The Kier molecular flexibility index (Phi) is 11.1. The van der Waals surface area contributed by atoms with Crippen LogP contribution in [0.3, 0.4) is 0 Å². The maximum absolute atomic E-state index is 9.38. The topological polar surface area (TPSA) is 111 Å². The van der Waals surface area contributed by atoms with Crippen LogP contribution in [0.5, 0.6) is 0 Å². The van der Waals surface area contributed by atoms with E-state index in [2.05, 4.69) is 0 Å². The number of hydrogen-bond acceptors (Lipinski definition) is 4. The quantitative estimate of drug-likeness (QED) is 0.389. The van der Waals surface area contributed by atoms with E-state index in [0.717, 1.165) is 0 Å². The molecule has 2 N–H and O–H groups in total. The van der Waals surface area contributed by atoms with Crippen LogP contribution in [0.4, 0.5) is 0 Å². The SMILES string of the molecule is N#CCC(=O)O.O=NO. The molecule has 0 aromatic rings. The van der Waals surface area contributed by atoms with Crippen LogP contribution in [-0.4, -0.2) is 16.3 Å². The molecule has 9 heavy (non-hydrogen) atoms. The maximum Gasteiger partial charge on any atom is 0.317 e. The first-order chi connectivity index (χ1) is 4.18. The van der Waals surface area contributed by atoms with Crippen molar-refractivity contribution in [3.05, 3.63) is 4.91 Å². The Balaban J connectivity index is 0. The van der Waals surface area contributed by atoms with Crippen LogP contribution in [-0.2, 0) is 4.79 Å². The Morgan fingerprint density at radius 3 is 2.11 bits per heavy atom. The summed E-state index contributed by atoms with van der Waals surface area (Å²) in [6.45, 7) is 0. The summed E-state index contributed by atoms with van der Waals surface area (Å²) in [4.78, 5) is 17.5. The molecule has 0 unspecified atom stereocenters. The molecule has 0 rings (SSSR count). The lowest BCUT2D eigenvalue weighted by Crippen LogP contribution is -1.88. The second kappa shape index (κ2) is 9.61. The van der Waals surface area contributed by atoms with Crippen LogP contribution in [0.2, 0.25) is 0 Å². The van der Waals surface area contributed by atoms with Crippen molar-refractivity contribution in [2.24, 2.45) is 5.34 Å². The van der Waals surface area contributed by atoms with Gasteiger partial charge in [-0.25, -0.2) is 0 Å². The molecule has 0 saturated heterocycles. The Labute approximate surface area is 50.3 Å². The first-order valence-electron chi connectivity index (χ1n) is 1.74. The monoisotopic (exact) mass is 132 g/mol. The lowest BCUT2D eigenvalue weighted by Gasteiger charge is -1.70. The second-order valence-electron chi connectivity index (χ2n) is 0.810. The highest BCUT2D eigenvalue weighted by molar-refractivity contribution is 5.69. The van der Waals surface area contributed by atoms with Gasteiger partial charge < -0.3 is 10.3 Å². The Bertz CT molecular complexity index is 126. The third-order valence-corrected chi connectivity index (χ3v) is 0.230. The number of carboxylic acid groups (broad SMARTS) is 1. The number of rotatable bonds is 1. The van der Waals surface area contributed by atoms with Gasteiger partial charge in [0.15, 0.2) is 5.34 Å². The van der Waals surface area contributed by atoms with E-state index in [-0.39, 0.29) is 0 Å². The number of carbonyl (C=O) groups is 1. The van der Waals surface area contributed by atoms with Gasteiger partial charge in [0.1, 0.15) is 6.42 Å². The summed E-state index contributed by atoms with van der Waals surface area (Å²) in [5.41, 5.74) is 0. The van der Waals surface area contributed by atoms with Crippen molar-refractivity contribution < 1.29 is 15.1 Å². The van der Waals surface area contributed by atoms with Crippen LogP contribution >= 0.6 is 0 Å². The lowest BCUT2D eigenvalue weighted by molar-refractivity contribution is -0.135. The molecule has 6 nitrogen and oxygen atoms in total. The zero-order chi connectivity index (χ0) is 7.70. The highest BCUT2D eigenvalue weighted by atomic mass is 16.6.